The van der Waals surface area contributed by atoms with E-state index in [4.69, 9.17) is 5.73 Å². The smallest absolute Gasteiger partial charge is 0.361 e. The number of aromatic nitrogens is 5. The van der Waals surface area contributed by atoms with Crippen LogP contribution in [0.1, 0.15) is 36.8 Å². The fraction of sp³-hybridized carbons (Fsp3) is 0.333. The standard InChI is InChI=1S/C33H35F3N8O2/c34-33(35,36)21-44-31(45)27(26-6-5-7-30-28(26)18-39-43(30)15-4-2-1-3-13-37)16-29(41-44)22-8-10-25(11-9-22)40-32(46)42-19-23-12-14-38-17-24(23)20-42/h5-12,14,16-18,32,40,46H,1-4,13,15,19-21,37H2. The summed E-state index contributed by atoms with van der Waals surface area (Å²) >= 11 is 0. The van der Waals surface area contributed by atoms with Crippen LogP contribution in [0, 0.1) is 0 Å². The molecule has 0 bridgehead atoms. The molecule has 0 spiro atoms. The van der Waals surface area contributed by atoms with E-state index in [1.807, 2.05) is 21.7 Å². The van der Waals surface area contributed by atoms with Crippen LogP contribution in [0.4, 0.5) is 18.9 Å². The predicted molar refractivity (Wildman–Crippen MR) is 169 cm³/mol. The van der Waals surface area contributed by atoms with Crippen LogP contribution in [0.5, 0.6) is 0 Å². The lowest BCUT2D eigenvalue weighted by molar-refractivity contribution is -0.143. The van der Waals surface area contributed by atoms with Crippen molar-refractivity contribution in [2.45, 2.75) is 64.4 Å². The Morgan fingerprint density at radius 1 is 0.935 bits per heavy atom. The molecule has 0 fully saturated rings. The van der Waals surface area contributed by atoms with E-state index in [0.29, 0.717) is 53.1 Å². The molecule has 0 aliphatic carbocycles. The number of aliphatic hydroxyl groups excluding tert-OH is 1. The number of fused-ring (bicyclic) bond motifs is 2. The minimum absolute atomic E-state index is 0.100. The minimum atomic E-state index is -4.65. The predicted octanol–water partition coefficient (Wildman–Crippen LogP) is 5.11. The second-order valence-corrected chi connectivity index (χ2v) is 11.5. The van der Waals surface area contributed by atoms with Gasteiger partial charge in [-0.2, -0.15) is 23.4 Å². The van der Waals surface area contributed by atoms with E-state index >= 15 is 0 Å². The molecule has 2 aromatic carbocycles. The highest BCUT2D eigenvalue weighted by Crippen LogP contribution is 2.30. The molecule has 240 valence electrons. The highest BCUT2D eigenvalue weighted by molar-refractivity contribution is 5.95. The van der Waals surface area contributed by atoms with Gasteiger partial charge in [0.15, 0.2) is 6.35 Å². The average molecular weight is 633 g/mol. The van der Waals surface area contributed by atoms with Crippen LogP contribution in [0.3, 0.4) is 0 Å². The molecule has 0 amide bonds. The molecule has 6 rings (SSSR count). The maximum atomic E-state index is 13.6. The highest BCUT2D eigenvalue weighted by Gasteiger charge is 2.30. The molecule has 0 saturated carbocycles. The van der Waals surface area contributed by atoms with Gasteiger partial charge in [0.1, 0.15) is 6.54 Å². The van der Waals surface area contributed by atoms with Crippen LogP contribution >= 0.6 is 0 Å². The summed E-state index contributed by atoms with van der Waals surface area (Å²) in [5, 5.41) is 23.2. The summed E-state index contributed by atoms with van der Waals surface area (Å²) in [5.41, 5.74) is 9.60. The number of rotatable bonds is 12. The van der Waals surface area contributed by atoms with Crippen molar-refractivity contribution < 1.29 is 18.3 Å². The maximum absolute atomic E-state index is 13.6. The first-order chi connectivity index (χ1) is 22.2. The Labute approximate surface area is 263 Å². The van der Waals surface area contributed by atoms with E-state index in [0.717, 1.165) is 42.3 Å². The summed E-state index contributed by atoms with van der Waals surface area (Å²) in [5.74, 6) is 0. The first-order valence-corrected chi connectivity index (χ1v) is 15.2. The molecule has 1 unspecified atom stereocenters. The quantitative estimate of drug-likeness (QED) is 0.128. The molecule has 1 aliphatic rings. The monoisotopic (exact) mass is 632 g/mol. The van der Waals surface area contributed by atoms with Crippen molar-refractivity contribution in [3.05, 3.63) is 94.7 Å². The second kappa shape index (κ2) is 13.4. The zero-order valence-electron chi connectivity index (χ0n) is 25.1. The number of unbranched alkanes of at least 4 members (excludes halogenated alkanes) is 3. The number of nitrogens with zero attached hydrogens (tertiary/aromatic N) is 6. The van der Waals surface area contributed by atoms with Crippen LogP contribution in [-0.4, -0.2) is 53.6 Å². The van der Waals surface area contributed by atoms with Crippen LogP contribution in [-0.2, 0) is 26.2 Å². The van der Waals surface area contributed by atoms with E-state index in [2.05, 4.69) is 20.5 Å². The van der Waals surface area contributed by atoms with E-state index in [-0.39, 0.29) is 11.3 Å². The Kier molecular flexibility index (Phi) is 9.15. The molecular weight excluding hydrogens is 597 g/mol. The molecule has 1 aliphatic heterocycles. The van der Waals surface area contributed by atoms with Crippen molar-refractivity contribution in [3.63, 3.8) is 0 Å². The van der Waals surface area contributed by atoms with Crippen molar-refractivity contribution in [1.82, 2.24) is 29.4 Å². The van der Waals surface area contributed by atoms with Gasteiger partial charge in [-0.3, -0.25) is 19.4 Å². The van der Waals surface area contributed by atoms with Gasteiger partial charge in [0.25, 0.3) is 5.56 Å². The van der Waals surface area contributed by atoms with Gasteiger partial charge in [0, 0.05) is 48.7 Å². The third-order valence-electron chi connectivity index (χ3n) is 8.18. The van der Waals surface area contributed by atoms with Crippen LogP contribution in [0.15, 0.2) is 78.0 Å². The number of halogens is 3. The first-order valence-electron chi connectivity index (χ1n) is 15.2. The number of anilines is 1. The molecule has 46 heavy (non-hydrogen) atoms. The van der Waals surface area contributed by atoms with E-state index in [1.54, 1.807) is 55.0 Å². The van der Waals surface area contributed by atoms with Gasteiger partial charge in [-0.1, -0.05) is 37.1 Å². The zero-order valence-corrected chi connectivity index (χ0v) is 25.1. The first kappa shape index (κ1) is 31.4. The topological polar surface area (TPSA) is 127 Å². The number of hydrogen-bond acceptors (Lipinski definition) is 8. The van der Waals surface area contributed by atoms with Gasteiger partial charge in [0.2, 0.25) is 0 Å². The Hall–Kier alpha value is -4.59. The van der Waals surface area contributed by atoms with Gasteiger partial charge < -0.3 is 16.2 Å². The lowest BCUT2D eigenvalue weighted by Crippen LogP contribution is -2.36. The SMILES string of the molecule is NCCCCCCn1ncc2c(-c3cc(-c4ccc(NC(O)N5Cc6ccncc6C5)cc4)nn(CC(F)(F)F)c3=O)cccc21. The van der Waals surface area contributed by atoms with Crippen molar-refractivity contribution in [3.8, 4) is 22.4 Å². The Balaban J connectivity index is 1.28. The summed E-state index contributed by atoms with van der Waals surface area (Å²) in [6.07, 6.45) is 3.45. The molecule has 5 aromatic rings. The summed E-state index contributed by atoms with van der Waals surface area (Å²) in [7, 11) is 0. The molecule has 0 saturated heterocycles. The normalized spacial score (nSPS) is 14.1. The largest absolute Gasteiger partial charge is 0.408 e. The minimum Gasteiger partial charge on any atom is -0.361 e. The van der Waals surface area contributed by atoms with Crippen LogP contribution < -0.4 is 16.6 Å². The fourth-order valence-electron chi connectivity index (χ4n) is 5.83. The molecule has 4 N–H and O–H groups in total. The number of pyridine rings is 1. The summed E-state index contributed by atoms with van der Waals surface area (Å²) in [6.45, 7) is 0.921. The van der Waals surface area contributed by atoms with Crippen LogP contribution in [0.25, 0.3) is 33.3 Å². The van der Waals surface area contributed by atoms with E-state index < -0.39 is 24.6 Å². The van der Waals surface area contributed by atoms with Crippen molar-refractivity contribution in [2.24, 2.45) is 5.73 Å². The van der Waals surface area contributed by atoms with Crippen molar-refractivity contribution in [2.75, 3.05) is 11.9 Å². The Bertz CT molecular complexity index is 1850. The maximum Gasteiger partial charge on any atom is 0.408 e. The van der Waals surface area contributed by atoms with Crippen molar-refractivity contribution in [1.29, 1.82) is 0 Å². The number of aliphatic hydroxyl groups is 1. The third-order valence-corrected chi connectivity index (χ3v) is 8.18. The second-order valence-electron chi connectivity index (χ2n) is 11.5. The third kappa shape index (κ3) is 6.96. The highest BCUT2D eigenvalue weighted by atomic mass is 19.4. The van der Waals surface area contributed by atoms with Gasteiger partial charge in [-0.25, -0.2) is 4.68 Å². The fourth-order valence-corrected chi connectivity index (χ4v) is 5.83. The Morgan fingerprint density at radius 3 is 2.48 bits per heavy atom. The molecule has 4 heterocycles. The summed E-state index contributed by atoms with van der Waals surface area (Å²) in [6, 6.07) is 15.6. The number of aryl methyl sites for hydroxylation is 1. The summed E-state index contributed by atoms with van der Waals surface area (Å²) < 4.78 is 43.0. The number of nitrogens with two attached hydrogens (primary N) is 1. The van der Waals surface area contributed by atoms with Gasteiger partial charge in [0.05, 0.1) is 23.0 Å². The lowest BCUT2D eigenvalue weighted by Gasteiger charge is -2.24. The molecule has 1 atom stereocenters. The van der Waals surface area contributed by atoms with E-state index in [9.17, 15) is 23.1 Å². The van der Waals surface area contributed by atoms with Gasteiger partial charge in [-0.15, -0.1) is 0 Å². The van der Waals surface area contributed by atoms with Gasteiger partial charge >= 0.3 is 6.18 Å². The molecular formula is C33H35F3N8O2. The van der Waals surface area contributed by atoms with Gasteiger partial charge in [-0.05, 0) is 66.4 Å². The Morgan fingerprint density at radius 2 is 1.72 bits per heavy atom. The molecule has 13 heteroatoms. The van der Waals surface area contributed by atoms with Crippen molar-refractivity contribution >= 4 is 16.6 Å². The number of alkyl halides is 3. The number of hydrogen-bond donors (Lipinski definition) is 3. The summed E-state index contributed by atoms with van der Waals surface area (Å²) in [4.78, 5) is 19.4. The number of benzene rings is 2. The molecule has 10 nitrogen and oxygen atoms in total. The molecule has 0 radical (unpaired) electrons. The lowest BCUT2D eigenvalue weighted by atomic mass is 10.0. The van der Waals surface area contributed by atoms with Crippen LogP contribution in [0.2, 0.25) is 0 Å². The molecule has 3 aromatic heterocycles. The average Bonchev–Trinajstić information content (AvgIpc) is 3.66. The van der Waals surface area contributed by atoms with E-state index in [1.165, 1.54) is 6.07 Å². The number of nitrogens with one attached hydrogen (secondary N) is 1. The zero-order chi connectivity index (χ0) is 32.3.